The Bertz CT molecular complexity index is 320. The molecule has 0 radical (unpaired) electrons. The zero-order valence-electron chi connectivity index (χ0n) is 12.0. The Morgan fingerprint density at radius 1 is 0.652 bits per heavy atom. The average molecular weight is 342 g/mol. The lowest BCUT2D eigenvalue weighted by Gasteiger charge is -2.30. The summed E-state index contributed by atoms with van der Waals surface area (Å²) >= 11 is 0. The molecule has 0 aromatic rings. The summed E-state index contributed by atoms with van der Waals surface area (Å²) in [6.07, 6.45) is -15.5. The molecular weight excluding hydrogens is 320 g/mol. The van der Waals surface area contributed by atoms with E-state index in [-0.39, 0.29) is 12.6 Å². The second-order valence-corrected chi connectivity index (χ2v) is 4.80. The molecule has 0 rings (SSSR count). The molecule has 23 heavy (non-hydrogen) atoms. The number of rotatable bonds is 12. The fourth-order valence-electron chi connectivity index (χ4n) is 1.63. The molecule has 0 saturated carbocycles. The third-order valence-electron chi connectivity index (χ3n) is 3.12. The van der Waals surface area contributed by atoms with Crippen LogP contribution in [0, 0.1) is 0 Å². The summed E-state index contributed by atoms with van der Waals surface area (Å²) in [6, 6.07) is 0. The van der Waals surface area contributed by atoms with Crippen LogP contribution in [0.4, 0.5) is 0 Å². The molecule has 0 aliphatic carbocycles. The number of ether oxygens (including phenoxy) is 1. The largest absolute Gasteiger partial charge is 0.394 e. The van der Waals surface area contributed by atoms with Crippen LogP contribution in [0.3, 0.4) is 0 Å². The van der Waals surface area contributed by atoms with E-state index in [1.54, 1.807) is 0 Å². The van der Waals surface area contributed by atoms with Crippen LogP contribution in [0.1, 0.15) is 0 Å². The molecule has 8 atom stereocenters. The van der Waals surface area contributed by atoms with Crippen LogP contribution in [0.15, 0.2) is 0 Å². The number of hydrogen-bond acceptors (Lipinski definition) is 11. The highest BCUT2D eigenvalue weighted by Gasteiger charge is 2.37. The topological polar surface area (TPSA) is 205 Å². The zero-order chi connectivity index (χ0) is 18.2. The third-order valence-corrected chi connectivity index (χ3v) is 3.12. The van der Waals surface area contributed by atoms with E-state index in [4.69, 9.17) is 14.9 Å². The van der Waals surface area contributed by atoms with E-state index >= 15 is 0 Å². The van der Waals surface area contributed by atoms with Crippen molar-refractivity contribution in [2.75, 3.05) is 13.2 Å². The van der Waals surface area contributed by atoms with Gasteiger partial charge in [0.1, 0.15) is 48.8 Å². The molecule has 0 heterocycles. The minimum absolute atomic E-state index is 0.0317. The van der Waals surface area contributed by atoms with Crippen molar-refractivity contribution >= 4 is 12.6 Å². The summed E-state index contributed by atoms with van der Waals surface area (Å²) in [4.78, 5) is 21.8. The monoisotopic (exact) mass is 342 g/mol. The fraction of sp³-hybridized carbons (Fsp3) is 0.833. The van der Waals surface area contributed by atoms with Crippen LogP contribution < -0.4 is 0 Å². The fourth-order valence-corrected chi connectivity index (χ4v) is 1.63. The lowest BCUT2D eigenvalue weighted by Crippen LogP contribution is -2.52. The Kier molecular flexibility index (Phi) is 10.2. The molecule has 0 spiro atoms. The van der Waals surface area contributed by atoms with Crippen LogP contribution in [0.5, 0.6) is 0 Å². The van der Waals surface area contributed by atoms with Gasteiger partial charge >= 0.3 is 0 Å². The Balaban J connectivity index is 4.98. The molecule has 0 aliphatic heterocycles. The van der Waals surface area contributed by atoms with E-state index in [2.05, 4.69) is 0 Å². The predicted molar refractivity (Wildman–Crippen MR) is 71.0 cm³/mol. The molecule has 136 valence electrons. The summed E-state index contributed by atoms with van der Waals surface area (Å²) in [5.74, 6) is 0. The molecule has 11 nitrogen and oxygen atoms in total. The number of aliphatic hydroxyl groups is 8. The highest BCUT2D eigenvalue weighted by Crippen LogP contribution is 2.13. The maximum Gasteiger partial charge on any atom is 0.151 e. The molecule has 0 aromatic carbocycles. The van der Waals surface area contributed by atoms with E-state index in [0.29, 0.717) is 0 Å². The number of aldehydes is 2. The SMILES string of the molecule is O=C[C@H](O[C@@H](C=O)[C@@H](O)[C@H](O)[C@H](O)CO)[C@@H](O)[C@H](O)[C@H](O)CO. The molecule has 0 unspecified atom stereocenters. The Morgan fingerprint density at radius 3 is 1.17 bits per heavy atom. The van der Waals surface area contributed by atoms with Crippen LogP contribution in [0.25, 0.3) is 0 Å². The highest BCUT2D eigenvalue weighted by atomic mass is 16.5. The van der Waals surface area contributed by atoms with Crippen LogP contribution in [0.2, 0.25) is 0 Å². The van der Waals surface area contributed by atoms with Crippen molar-refractivity contribution in [3.8, 4) is 0 Å². The number of carbonyl (C=O) groups excluding carboxylic acids is 2. The number of hydrogen-bond donors (Lipinski definition) is 8. The normalized spacial score (nSPS) is 22.3. The minimum Gasteiger partial charge on any atom is -0.394 e. The summed E-state index contributed by atoms with van der Waals surface area (Å²) in [5, 5.41) is 74.0. The lowest BCUT2D eigenvalue weighted by atomic mass is 10.0. The van der Waals surface area contributed by atoms with Crippen molar-refractivity contribution in [2.24, 2.45) is 0 Å². The van der Waals surface area contributed by atoms with E-state index in [9.17, 15) is 40.2 Å². The Morgan fingerprint density at radius 2 is 0.957 bits per heavy atom. The molecular formula is C12H22O11. The van der Waals surface area contributed by atoms with Gasteiger partial charge < -0.3 is 55.2 Å². The maximum absolute atomic E-state index is 10.9. The van der Waals surface area contributed by atoms with Gasteiger partial charge in [0.05, 0.1) is 13.2 Å². The van der Waals surface area contributed by atoms with Crippen molar-refractivity contribution in [2.45, 2.75) is 48.8 Å². The van der Waals surface area contributed by atoms with Gasteiger partial charge in [0, 0.05) is 0 Å². The highest BCUT2D eigenvalue weighted by molar-refractivity contribution is 5.61. The summed E-state index contributed by atoms with van der Waals surface area (Å²) in [6.45, 7) is -1.85. The average Bonchev–Trinajstić information content (AvgIpc) is 2.58. The van der Waals surface area contributed by atoms with Crippen molar-refractivity contribution in [3.63, 3.8) is 0 Å². The molecule has 8 N–H and O–H groups in total. The summed E-state index contributed by atoms with van der Waals surface area (Å²) < 4.78 is 4.76. The van der Waals surface area contributed by atoms with E-state index in [1.165, 1.54) is 0 Å². The summed E-state index contributed by atoms with van der Waals surface area (Å²) in [5.41, 5.74) is 0. The van der Waals surface area contributed by atoms with Crippen molar-refractivity contribution in [1.29, 1.82) is 0 Å². The van der Waals surface area contributed by atoms with Gasteiger partial charge in [-0.15, -0.1) is 0 Å². The number of aliphatic hydroxyl groups excluding tert-OH is 8. The number of carbonyl (C=O) groups is 2. The quantitative estimate of drug-likeness (QED) is 0.157. The smallest absolute Gasteiger partial charge is 0.151 e. The standard InChI is InChI=1S/C12H22O11/c13-1-5(17)9(19)11(21)7(3-15)23-8(4-16)12(22)10(20)6(18)2-14/h3-14,17-22H,1-2H2/t5-,6-,7+,8+,9-,10-,11-,12-/m1/s1. The lowest BCUT2D eigenvalue weighted by molar-refractivity contribution is -0.180. The van der Waals surface area contributed by atoms with Crippen LogP contribution in [-0.4, -0.2) is 115 Å². The molecule has 0 amide bonds. The molecule has 0 bridgehead atoms. The van der Waals surface area contributed by atoms with Crippen molar-refractivity contribution < 1.29 is 55.2 Å². The Labute approximate surface area is 131 Å². The first-order valence-electron chi connectivity index (χ1n) is 6.61. The molecule has 11 heteroatoms. The van der Waals surface area contributed by atoms with Crippen LogP contribution >= 0.6 is 0 Å². The minimum atomic E-state index is -2.05. The van der Waals surface area contributed by atoms with Gasteiger partial charge in [0.15, 0.2) is 12.6 Å². The maximum atomic E-state index is 10.9. The van der Waals surface area contributed by atoms with Gasteiger partial charge in [-0.1, -0.05) is 0 Å². The van der Waals surface area contributed by atoms with Crippen LogP contribution in [-0.2, 0) is 14.3 Å². The van der Waals surface area contributed by atoms with Gasteiger partial charge in [0.2, 0.25) is 0 Å². The second-order valence-electron chi connectivity index (χ2n) is 4.80. The van der Waals surface area contributed by atoms with Gasteiger partial charge in [-0.2, -0.15) is 0 Å². The van der Waals surface area contributed by atoms with E-state index < -0.39 is 62.0 Å². The third kappa shape index (κ3) is 6.18. The summed E-state index contributed by atoms with van der Waals surface area (Å²) in [7, 11) is 0. The molecule has 0 saturated heterocycles. The molecule has 0 aliphatic rings. The first kappa shape index (κ1) is 22.0. The first-order chi connectivity index (χ1) is 10.7. The van der Waals surface area contributed by atoms with Gasteiger partial charge in [-0.3, -0.25) is 0 Å². The van der Waals surface area contributed by atoms with E-state index in [0.717, 1.165) is 0 Å². The van der Waals surface area contributed by atoms with Gasteiger partial charge in [0.25, 0.3) is 0 Å². The molecule has 0 fully saturated rings. The second kappa shape index (κ2) is 10.7. The Hall–Kier alpha value is -1.02. The van der Waals surface area contributed by atoms with E-state index in [1.807, 2.05) is 0 Å². The first-order valence-corrected chi connectivity index (χ1v) is 6.61. The van der Waals surface area contributed by atoms with Crippen molar-refractivity contribution in [1.82, 2.24) is 0 Å². The van der Waals surface area contributed by atoms with Gasteiger partial charge in [-0.25, -0.2) is 0 Å². The molecule has 0 aromatic heterocycles. The zero-order valence-corrected chi connectivity index (χ0v) is 12.0. The predicted octanol–water partition coefficient (Wildman–Crippen LogP) is -5.71. The van der Waals surface area contributed by atoms with Crippen molar-refractivity contribution in [3.05, 3.63) is 0 Å². The van der Waals surface area contributed by atoms with Gasteiger partial charge in [-0.05, 0) is 0 Å².